The lowest BCUT2D eigenvalue weighted by Crippen LogP contribution is -2.29. The van der Waals surface area contributed by atoms with Crippen LogP contribution in [0.1, 0.15) is 41.6 Å². The van der Waals surface area contributed by atoms with Gasteiger partial charge in [-0.15, -0.1) is 11.3 Å². The van der Waals surface area contributed by atoms with Crippen LogP contribution in [0.5, 0.6) is 11.5 Å². The van der Waals surface area contributed by atoms with Gasteiger partial charge in [0, 0.05) is 17.6 Å². The minimum Gasteiger partial charge on any atom is -0.497 e. The molecular weight excluding hydrogens is 428 g/mol. The van der Waals surface area contributed by atoms with Crippen LogP contribution in [0.15, 0.2) is 63.3 Å². The molecule has 7 nitrogen and oxygen atoms in total. The zero-order valence-electron chi connectivity index (χ0n) is 17.7. The summed E-state index contributed by atoms with van der Waals surface area (Å²) in [7, 11) is 1.53. The van der Waals surface area contributed by atoms with Gasteiger partial charge in [-0.1, -0.05) is 12.1 Å². The zero-order chi connectivity index (χ0) is 22.4. The third kappa shape index (κ3) is 3.23. The van der Waals surface area contributed by atoms with Gasteiger partial charge in [-0.05, 0) is 43.7 Å². The lowest BCUT2D eigenvalue weighted by Gasteiger charge is -2.22. The standard InChI is InChI=1S/C24H20N2O5S/c1-13(2)30-15-6-4-14(5-7-15)20-19-21(27)17-9-8-16(29-3)12-18(17)31-22(19)23(28)26(20)24-25-10-11-32-24/h4-13,20H,1-3H3/t20-/m0/s1. The fourth-order valence-corrected chi connectivity index (χ4v) is 4.59. The van der Waals surface area contributed by atoms with Crippen molar-refractivity contribution in [2.75, 3.05) is 12.0 Å². The molecule has 5 rings (SSSR count). The maximum atomic E-state index is 13.6. The number of ether oxygens (including phenoxy) is 2. The van der Waals surface area contributed by atoms with Crippen molar-refractivity contribution in [1.29, 1.82) is 0 Å². The van der Waals surface area contributed by atoms with Crippen LogP contribution >= 0.6 is 11.3 Å². The largest absolute Gasteiger partial charge is 0.497 e. The molecule has 0 fully saturated rings. The molecule has 8 heteroatoms. The molecule has 3 heterocycles. The van der Waals surface area contributed by atoms with Crippen molar-refractivity contribution < 1.29 is 18.7 Å². The average molecular weight is 449 g/mol. The van der Waals surface area contributed by atoms with Crippen molar-refractivity contribution in [2.24, 2.45) is 0 Å². The number of carbonyl (C=O) groups excluding carboxylic acids is 1. The number of hydrogen-bond acceptors (Lipinski definition) is 7. The summed E-state index contributed by atoms with van der Waals surface area (Å²) >= 11 is 1.33. The Morgan fingerprint density at radius 3 is 2.50 bits per heavy atom. The fourth-order valence-electron chi connectivity index (χ4n) is 3.93. The molecule has 32 heavy (non-hydrogen) atoms. The van der Waals surface area contributed by atoms with E-state index in [1.807, 2.05) is 38.1 Å². The SMILES string of the molecule is COc1ccc2c(=O)c3c(oc2c1)C(=O)N(c1nccs1)[C@H]3c1ccc(OC(C)C)cc1. The van der Waals surface area contributed by atoms with Crippen molar-refractivity contribution in [2.45, 2.75) is 26.0 Å². The van der Waals surface area contributed by atoms with Crippen LogP contribution in [-0.4, -0.2) is 24.1 Å². The van der Waals surface area contributed by atoms with Crippen molar-refractivity contribution in [3.63, 3.8) is 0 Å². The molecule has 1 aliphatic heterocycles. The highest BCUT2D eigenvalue weighted by molar-refractivity contribution is 7.13. The highest BCUT2D eigenvalue weighted by Gasteiger charge is 2.44. The number of benzene rings is 2. The van der Waals surface area contributed by atoms with E-state index in [1.54, 1.807) is 29.8 Å². The van der Waals surface area contributed by atoms with E-state index in [0.29, 0.717) is 33.2 Å². The molecule has 0 saturated carbocycles. The lowest BCUT2D eigenvalue weighted by atomic mass is 9.98. The molecule has 2 aromatic carbocycles. The lowest BCUT2D eigenvalue weighted by molar-refractivity contribution is 0.0971. The van der Waals surface area contributed by atoms with E-state index in [4.69, 9.17) is 13.9 Å². The van der Waals surface area contributed by atoms with Crippen LogP contribution in [0.25, 0.3) is 11.0 Å². The first-order valence-corrected chi connectivity index (χ1v) is 11.0. The van der Waals surface area contributed by atoms with Crippen molar-refractivity contribution in [3.05, 3.63) is 81.2 Å². The molecule has 162 valence electrons. The minimum atomic E-state index is -0.653. The quantitative estimate of drug-likeness (QED) is 0.436. The fraction of sp³-hybridized carbons (Fsp3) is 0.208. The van der Waals surface area contributed by atoms with Gasteiger partial charge in [0.25, 0.3) is 5.91 Å². The summed E-state index contributed by atoms with van der Waals surface area (Å²) in [6.45, 7) is 3.91. The van der Waals surface area contributed by atoms with Crippen LogP contribution in [0.3, 0.4) is 0 Å². The summed E-state index contributed by atoms with van der Waals surface area (Å²) in [6.07, 6.45) is 1.67. The highest BCUT2D eigenvalue weighted by Crippen LogP contribution is 2.42. The van der Waals surface area contributed by atoms with E-state index >= 15 is 0 Å². The van der Waals surface area contributed by atoms with Gasteiger partial charge in [-0.3, -0.25) is 14.5 Å². The van der Waals surface area contributed by atoms with Gasteiger partial charge in [0.05, 0.1) is 30.2 Å². The first-order valence-electron chi connectivity index (χ1n) is 10.1. The van der Waals surface area contributed by atoms with Gasteiger partial charge < -0.3 is 13.9 Å². The Morgan fingerprint density at radius 2 is 1.84 bits per heavy atom. The number of rotatable bonds is 5. The summed E-state index contributed by atoms with van der Waals surface area (Å²) in [5, 5.41) is 2.68. The van der Waals surface area contributed by atoms with Gasteiger partial charge >= 0.3 is 0 Å². The molecule has 0 aliphatic carbocycles. The molecule has 2 aromatic heterocycles. The van der Waals surface area contributed by atoms with Crippen molar-refractivity contribution in [3.8, 4) is 11.5 Å². The third-order valence-corrected chi connectivity index (χ3v) is 6.04. The molecule has 0 spiro atoms. The molecule has 0 unspecified atom stereocenters. The molecule has 0 radical (unpaired) electrons. The molecule has 1 aliphatic rings. The Hall–Kier alpha value is -3.65. The van der Waals surface area contributed by atoms with E-state index in [0.717, 1.165) is 5.56 Å². The van der Waals surface area contributed by atoms with E-state index in [9.17, 15) is 9.59 Å². The van der Waals surface area contributed by atoms with Gasteiger partial charge in [0.15, 0.2) is 10.6 Å². The number of thiazole rings is 1. The van der Waals surface area contributed by atoms with E-state index in [2.05, 4.69) is 4.98 Å². The number of amides is 1. The Morgan fingerprint density at radius 1 is 1.09 bits per heavy atom. The predicted octanol–water partition coefficient (Wildman–Crippen LogP) is 4.80. The second-order valence-corrected chi connectivity index (χ2v) is 8.54. The van der Waals surface area contributed by atoms with Crippen LogP contribution in [-0.2, 0) is 0 Å². The molecular formula is C24H20N2O5S. The normalized spacial score (nSPS) is 15.4. The second-order valence-electron chi connectivity index (χ2n) is 7.66. The monoisotopic (exact) mass is 448 g/mol. The van der Waals surface area contributed by atoms with Crippen LogP contribution in [0.4, 0.5) is 5.13 Å². The number of carbonyl (C=O) groups is 1. The maximum absolute atomic E-state index is 13.6. The third-order valence-electron chi connectivity index (χ3n) is 5.27. The van der Waals surface area contributed by atoms with Crippen LogP contribution in [0, 0.1) is 0 Å². The topological polar surface area (TPSA) is 81.9 Å². The number of aromatic nitrogens is 1. The summed E-state index contributed by atoms with van der Waals surface area (Å²) in [4.78, 5) is 32.8. The Labute approximate surface area is 187 Å². The first-order chi connectivity index (χ1) is 15.5. The zero-order valence-corrected chi connectivity index (χ0v) is 18.5. The van der Waals surface area contributed by atoms with E-state index in [-0.39, 0.29) is 17.3 Å². The molecule has 4 aromatic rings. The first kappa shape index (κ1) is 20.3. The number of nitrogens with zero attached hydrogens (tertiary/aromatic N) is 2. The molecule has 0 saturated heterocycles. The van der Waals surface area contributed by atoms with Gasteiger partial charge in [-0.25, -0.2) is 4.98 Å². The van der Waals surface area contributed by atoms with Crippen LogP contribution in [0.2, 0.25) is 0 Å². The summed E-state index contributed by atoms with van der Waals surface area (Å²) < 4.78 is 17.0. The van der Waals surface area contributed by atoms with Crippen molar-refractivity contribution >= 4 is 33.3 Å². The molecule has 1 amide bonds. The number of anilines is 1. The highest BCUT2D eigenvalue weighted by atomic mass is 32.1. The van der Waals surface area contributed by atoms with Gasteiger partial charge in [0.1, 0.15) is 17.1 Å². The smallest absolute Gasteiger partial charge is 0.297 e. The molecule has 1 atom stereocenters. The molecule has 0 N–H and O–H groups in total. The second kappa shape index (κ2) is 7.80. The maximum Gasteiger partial charge on any atom is 0.297 e. The Balaban J connectivity index is 1.72. The van der Waals surface area contributed by atoms with Crippen molar-refractivity contribution in [1.82, 2.24) is 4.98 Å². The number of fused-ring (bicyclic) bond motifs is 2. The average Bonchev–Trinajstić information content (AvgIpc) is 3.40. The minimum absolute atomic E-state index is 0.0264. The summed E-state index contributed by atoms with van der Waals surface area (Å²) in [5.74, 6) is 0.884. The van der Waals surface area contributed by atoms with E-state index < -0.39 is 11.9 Å². The number of hydrogen-bond donors (Lipinski definition) is 0. The van der Waals surface area contributed by atoms with E-state index in [1.165, 1.54) is 23.3 Å². The summed E-state index contributed by atoms with van der Waals surface area (Å²) in [5.41, 5.74) is 1.13. The molecule has 0 bridgehead atoms. The number of methoxy groups -OCH3 is 1. The van der Waals surface area contributed by atoms with Gasteiger partial charge in [-0.2, -0.15) is 0 Å². The van der Waals surface area contributed by atoms with Gasteiger partial charge in [0.2, 0.25) is 5.76 Å². The van der Waals surface area contributed by atoms with Crippen LogP contribution < -0.4 is 19.8 Å². The Bertz CT molecular complexity index is 1360. The summed E-state index contributed by atoms with van der Waals surface area (Å²) in [6, 6.07) is 11.7. The Kier molecular flexibility index (Phi) is 4.94. The predicted molar refractivity (Wildman–Crippen MR) is 122 cm³/mol.